The van der Waals surface area contributed by atoms with E-state index in [-0.39, 0.29) is 5.91 Å². The highest BCUT2D eigenvalue weighted by Crippen LogP contribution is 2.24. The number of aryl methyl sites for hydroxylation is 1. The molecule has 116 valence electrons. The molecule has 0 aliphatic heterocycles. The molecule has 0 aliphatic rings. The number of fused-ring (bicyclic) bond motifs is 1. The zero-order chi connectivity index (χ0) is 16.4. The molecule has 0 fully saturated rings. The van der Waals surface area contributed by atoms with Gasteiger partial charge in [0.15, 0.2) is 0 Å². The van der Waals surface area contributed by atoms with E-state index in [9.17, 15) is 4.79 Å². The normalized spacial score (nSPS) is 10.5. The molecule has 3 aromatic rings. The summed E-state index contributed by atoms with van der Waals surface area (Å²) in [7, 11) is 1.57. The SMILES string of the molecule is COc1cccc(C(=O)Nc2ccc3nc(C)cc(N)c3c2)c1. The van der Waals surface area contributed by atoms with Crippen molar-refractivity contribution < 1.29 is 9.53 Å². The monoisotopic (exact) mass is 307 g/mol. The van der Waals surface area contributed by atoms with Crippen LogP contribution in [-0.4, -0.2) is 18.0 Å². The minimum Gasteiger partial charge on any atom is -0.497 e. The van der Waals surface area contributed by atoms with Crippen molar-refractivity contribution in [2.45, 2.75) is 6.92 Å². The van der Waals surface area contributed by atoms with Crippen LogP contribution in [0, 0.1) is 6.92 Å². The first-order valence-corrected chi connectivity index (χ1v) is 7.19. The summed E-state index contributed by atoms with van der Waals surface area (Å²) in [5.74, 6) is 0.432. The number of carbonyl (C=O) groups excluding carboxylic acids is 1. The fourth-order valence-corrected chi connectivity index (χ4v) is 2.44. The van der Waals surface area contributed by atoms with Crippen LogP contribution in [0.1, 0.15) is 16.1 Å². The molecular weight excluding hydrogens is 290 g/mol. The first-order valence-electron chi connectivity index (χ1n) is 7.19. The van der Waals surface area contributed by atoms with E-state index in [0.29, 0.717) is 22.7 Å². The molecule has 1 heterocycles. The van der Waals surface area contributed by atoms with Gasteiger partial charge in [-0.3, -0.25) is 9.78 Å². The summed E-state index contributed by atoms with van der Waals surface area (Å²) < 4.78 is 5.14. The molecule has 0 unspecified atom stereocenters. The van der Waals surface area contributed by atoms with Gasteiger partial charge in [-0.25, -0.2) is 0 Å². The van der Waals surface area contributed by atoms with Crippen LogP contribution in [0.5, 0.6) is 5.75 Å². The Morgan fingerprint density at radius 2 is 2.00 bits per heavy atom. The van der Waals surface area contributed by atoms with Crippen LogP contribution < -0.4 is 15.8 Å². The average molecular weight is 307 g/mol. The highest BCUT2D eigenvalue weighted by Gasteiger charge is 2.09. The van der Waals surface area contributed by atoms with E-state index in [1.807, 2.05) is 31.2 Å². The van der Waals surface area contributed by atoms with Crippen LogP contribution in [-0.2, 0) is 0 Å². The Balaban J connectivity index is 1.90. The number of nitrogen functional groups attached to an aromatic ring is 1. The lowest BCUT2D eigenvalue weighted by Gasteiger charge is -2.09. The van der Waals surface area contributed by atoms with Gasteiger partial charge in [0, 0.05) is 28.0 Å². The molecule has 23 heavy (non-hydrogen) atoms. The van der Waals surface area contributed by atoms with Gasteiger partial charge in [-0.05, 0) is 49.4 Å². The summed E-state index contributed by atoms with van der Waals surface area (Å²) in [5.41, 5.74) is 9.55. The minimum atomic E-state index is -0.207. The number of ether oxygens (including phenoxy) is 1. The maximum absolute atomic E-state index is 12.3. The maximum atomic E-state index is 12.3. The molecule has 0 saturated heterocycles. The van der Waals surface area contributed by atoms with Crippen molar-refractivity contribution in [1.82, 2.24) is 4.98 Å². The van der Waals surface area contributed by atoms with Crippen LogP contribution in [0.2, 0.25) is 0 Å². The quantitative estimate of drug-likeness (QED) is 0.777. The molecule has 5 heteroatoms. The van der Waals surface area contributed by atoms with E-state index < -0.39 is 0 Å². The van der Waals surface area contributed by atoms with Gasteiger partial charge >= 0.3 is 0 Å². The number of amides is 1. The summed E-state index contributed by atoms with van der Waals surface area (Å²) in [4.78, 5) is 16.8. The van der Waals surface area contributed by atoms with Crippen molar-refractivity contribution in [3.63, 3.8) is 0 Å². The van der Waals surface area contributed by atoms with Gasteiger partial charge in [0.2, 0.25) is 0 Å². The van der Waals surface area contributed by atoms with Gasteiger partial charge in [-0.1, -0.05) is 6.07 Å². The first-order chi connectivity index (χ1) is 11.1. The maximum Gasteiger partial charge on any atom is 0.255 e. The standard InChI is InChI=1S/C18H17N3O2/c1-11-8-16(19)15-10-13(6-7-17(15)20-11)21-18(22)12-4-3-5-14(9-12)23-2/h3-10H,1-2H3,(H2,19,20)(H,21,22). The second kappa shape index (κ2) is 5.96. The number of nitrogens with one attached hydrogen (secondary N) is 1. The number of hydrogen-bond donors (Lipinski definition) is 2. The number of rotatable bonds is 3. The second-order valence-corrected chi connectivity index (χ2v) is 5.27. The summed E-state index contributed by atoms with van der Waals surface area (Å²) in [6.45, 7) is 1.90. The number of carbonyl (C=O) groups is 1. The Morgan fingerprint density at radius 1 is 1.17 bits per heavy atom. The van der Waals surface area contributed by atoms with Crippen LogP contribution in [0.3, 0.4) is 0 Å². The van der Waals surface area contributed by atoms with E-state index in [0.717, 1.165) is 16.6 Å². The molecule has 5 nitrogen and oxygen atoms in total. The smallest absolute Gasteiger partial charge is 0.255 e. The van der Waals surface area contributed by atoms with Crippen molar-refractivity contribution in [3.8, 4) is 5.75 Å². The fraction of sp³-hybridized carbons (Fsp3) is 0.111. The third-order valence-corrected chi connectivity index (χ3v) is 3.56. The van der Waals surface area contributed by atoms with E-state index >= 15 is 0 Å². The molecule has 0 aliphatic carbocycles. The highest BCUT2D eigenvalue weighted by molar-refractivity contribution is 6.06. The van der Waals surface area contributed by atoms with Crippen molar-refractivity contribution in [3.05, 3.63) is 59.8 Å². The molecule has 0 saturated carbocycles. The van der Waals surface area contributed by atoms with Crippen molar-refractivity contribution in [2.24, 2.45) is 0 Å². The largest absolute Gasteiger partial charge is 0.497 e. The van der Waals surface area contributed by atoms with Crippen molar-refractivity contribution in [2.75, 3.05) is 18.2 Å². The zero-order valence-electron chi connectivity index (χ0n) is 13.0. The third kappa shape index (κ3) is 3.08. The summed E-state index contributed by atoms with van der Waals surface area (Å²) in [6, 6.07) is 14.3. The predicted molar refractivity (Wildman–Crippen MR) is 91.8 cm³/mol. The molecular formula is C18H17N3O2. The molecule has 3 N–H and O–H groups in total. The van der Waals surface area contributed by atoms with Crippen LogP contribution in [0.4, 0.5) is 11.4 Å². The van der Waals surface area contributed by atoms with Crippen LogP contribution in [0.25, 0.3) is 10.9 Å². The average Bonchev–Trinajstić information content (AvgIpc) is 2.55. The first kappa shape index (κ1) is 14.8. The Bertz CT molecular complexity index is 891. The molecule has 2 aromatic carbocycles. The van der Waals surface area contributed by atoms with Crippen LogP contribution in [0.15, 0.2) is 48.5 Å². The fourth-order valence-electron chi connectivity index (χ4n) is 2.44. The molecule has 3 rings (SSSR count). The number of anilines is 2. The lowest BCUT2D eigenvalue weighted by atomic mass is 10.1. The molecule has 0 radical (unpaired) electrons. The summed E-state index contributed by atoms with van der Waals surface area (Å²) in [5, 5.41) is 3.68. The van der Waals surface area contributed by atoms with Crippen molar-refractivity contribution in [1.29, 1.82) is 0 Å². The van der Waals surface area contributed by atoms with Gasteiger partial charge < -0.3 is 15.8 Å². The second-order valence-electron chi connectivity index (χ2n) is 5.27. The molecule has 0 bridgehead atoms. The highest BCUT2D eigenvalue weighted by atomic mass is 16.5. The van der Waals surface area contributed by atoms with Crippen molar-refractivity contribution >= 4 is 28.2 Å². The Labute approximate surface area is 134 Å². The number of methoxy groups -OCH3 is 1. The minimum absolute atomic E-state index is 0.207. The third-order valence-electron chi connectivity index (χ3n) is 3.56. The topological polar surface area (TPSA) is 77.2 Å². The van der Waals surface area contributed by atoms with Gasteiger partial charge in [0.05, 0.1) is 12.6 Å². The predicted octanol–water partition coefficient (Wildman–Crippen LogP) is 3.39. The molecule has 0 atom stereocenters. The Hall–Kier alpha value is -3.08. The lowest BCUT2D eigenvalue weighted by Crippen LogP contribution is -2.12. The van der Waals surface area contributed by atoms with E-state index in [2.05, 4.69) is 10.3 Å². The van der Waals surface area contributed by atoms with Gasteiger partial charge in [-0.2, -0.15) is 0 Å². The van der Waals surface area contributed by atoms with Crippen LogP contribution >= 0.6 is 0 Å². The number of hydrogen-bond acceptors (Lipinski definition) is 4. The van der Waals surface area contributed by atoms with E-state index in [1.165, 1.54) is 0 Å². The Kier molecular flexibility index (Phi) is 3.85. The molecule has 0 spiro atoms. The molecule has 1 aromatic heterocycles. The molecule has 1 amide bonds. The lowest BCUT2D eigenvalue weighted by molar-refractivity contribution is 0.102. The summed E-state index contributed by atoms with van der Waals surface area (Å²) >= 11 is 0. The number of aromatic nitrogens is 1. The number of benzene rings is 2. The Morgan fingerprint density at radius 3 is 2.78 bits per heavy atom. The van der Waals surface area contributed by atoms with E-state index in [4.69, 9.17) is 10.5 Å². The van der Waals surface area contributed by atoms with E-state index in [1.54, 1.807) is 31.4 Å². The van der Waals surface area contributed by atoms with Gasteiger partial charge in [0.25, 0.3) is 5.91 Å². The number of nitrogens with zero attached hydrogens (tertiary/aromatic N) is 1. The number of nitrogens with two attached hydrogens (primary N) is 1. The zero-order valence-corrected chi connectivity index (χ0v) is 13.0. The van der Waals surface area contributed by atoms with Gasteiger partial charge in [-0.15, -0.1) is 0 Å². The number of pyridine rings is 1. The summed E-state index contributed by atoms with van der Waals surface area (Å²) in [6.07, 6.45) is 0. The van der Waals surface area contributed by atoms with Gasteiger partial charge in [0.1, 0.15) is 5.75 Å².